The van der Waals surface area contributed by atoms with Gasteiger partial charge in [0.1, 0.15) is 12.6 Å². The molecule has 1 heterocycles. The van der Waals surface area contributed by atoms with Gasteiger partial charge in [0.25, 0.3) is 11.8 Å². The third-order valence-electron chi connectivity index (χ3n) is 5.57. The van der Waals surface area contributed by atoms with E-state index in [1.165, 1.54) is 0 Å². The zero-order valence-electron chi connectivity index (χ0n) is 19.1. The van der Waals surface area contributed by atoms with Crippen LogP contribution < -0.4 is 20.9 Å². The summed E-state index contributed by atoms with van der Waals surface area (Å²) >= 11 is 5.90. The smallest absolute Gasteiger partial charge is 0.320 e. The minimum atomic E-state index is -0.941. The molecule has 0 radical (unpaired) electrons. The summed E-state index contributed by atoms with van der Waals surface area (Å²) in [6.07, 6.45) is 0. The number of rotatable bonds is 6. The predicted molar refractivity (Wildman–Crippen MR) is 136 cm³/mol. The van der Waals surface area contributed by atoms with Gasteiger partial charge in [0, 0.05) is 28.6 Å². The van der Waals surface area contributed by atoms with Crippen LogP contribution in [0, 0.1) is 6.92 Å². The molecule has 8 nitrogen and oxygen atoms in total. The molecule has 3 aromatic carbocycles. The molecule has 4 rings (SSSR count). The molecule has 0 aliphatic carbocycles. The van der Waals surface area contributed by atoms with Gasteiger partial charge in [-0.3, -0.25) is 9.59 Å². The molecule has 1 atom stereocenters. The van der Waals surface area contributed by atoms with Crippen LogP contribution in [-0.4, -0.2) is 37.6 Å². The topological polar surface area (TPSA) is 99.8 Å². The molecule has 3 N–H and O–H groups in total. The molecule has 1 aliphatic rings. The Morgan fingerprint density at radius 2 is 1.60 bits per heavy atom. The summed E-state index contributed by atoms with van der Waals surface area (Å²) in [5.41, 5.74) is 3.35. The van der Waals surface area contributed by atoms with Crippen molar-refractivity contribution in [1.82, 2.24) is 5.32 Å². The normalized spacial score (nSPS) is 14.2. The highest BCUT2D eigenvalue weighted by Gasteiger charge is 2.25. The van der Waals surface area contributed by atoms with Crippen molar-refractivity contribution in [1.29, 1.82) is 0 Å². The van der Waals surface area contributed by atoms with Crippen molar-refractivity contribution in [2.75, 3.05) is 35.3 Å². The minimum absolute atomic E-state index is 0.0559. The predicted octanol–water partition coefficient (Wildman–Crippen LogP) is 4.51. The maximum atomic E-state index is 13.3. The Bertz CT molecular complexity index is 1210. The number of carbonyl (C=O) groups is 3. The van der Waals surface area contributed by atoms with E-state index in [0.29, 0.717) is 35.1 Å². The van der Waals surface area contributed by atoms with E-state index in [9.17, 15) is 14.4 Å². The molecular formula is C26H25ClN4O4. The van der Waals surface area contributed by atoms with Crippen molar-refractivity contribution in [2.45, 2.75) is 13.0 Å². The molecule has 0 bridgehead atoms. The Hall–Kier alpha value is -3.88. The van der Waals surface area contributed by atoms with E-state index in [4.69, 9.17) is 16.3 Å². The second-order valence-electron chi connectivity index (χ2n) is 8.03. The molecule has 1 fully saturated rings. The van der Waals surface area contributed by atoms with Gasteiger partial charge in [-0.05, 0) is 66.6 Å². The van der Waals surface area contributed by atoms with E-state index in [1.54, 1.807) is 59.5 Å². The number of urea groups is 1. The van der Waals surface area contributed by atoms with Gasteiger partial charge in [0.15, 0.2) is 0 Å². The fourth-order valence-corrected chi connectivity index (χ4v) is 3.88. The molecule has 0 aromatic heterocycles. The largest absolute Gasteiger partial charge is 0.370 e. The van der Waals surface area contributed by atoms with Crippen molar-refractivity contribution in [3.8, 4) is 0 Å². The summed E-state index contributed by atoms with van der Waals surface area (Å²) < 4.78 is 5.17. The van der Waals surface area contributed by atoms with Crippen molar-refractivity contribution >= 4 is 46.5 Å². The Morgan fingerprint density at radius 1 is 0.943 bits per heavy atom. The highest BCUT2D eigenvalue weighted by Crippen LogP contribution is 2.23. The van der Waals surface area contributed by atoms with Crippen LogP contribution in [0.5, 0.6) is 0 Å². The van der Waals surface area contributed by atoms with Crippen LogP contribution in [0.2, 0.25) is 5.02 Å². The molecule has 1 unspecified atom stereocenters. The van der Waals surface area contributed by atoms with E-state index < -0.39 is 18.0 Å². The summed E-state index contributed by atoms with van der Waals surface area (Å²) in [5.74, 6) is -0.510. The van der Waals surface area contributed by atoms with Crippen molar-refractivity contribution < 1.29 is 19.1 Å². The lowest BCUT2D eigenvalue weighted by Crippen LogP contribution is -2.41. The van der Waals surface area contributed by atoms with Gasteiger partial charge in [0.2, 0.25) is 0 Å². The van der Waals surface area contributed by atoms with Crippen LogP contribution in [0.3, 0.4) is 0 Å². The molecule has 9 heteroatoms. The minimum Gasteiger partial charge on any atom is -0.370 e. The van der Waals surface area contributed by atoms with E-state index in [-0.39, 0.29) is 12.5 Å². The number of nitrogens with zero attached hydrogens (tertiary/aromatic N) is 1. The Morgan fingerprint density at radius 3 is 2.29 bits per heavy atom. The molecule has 0 spiro atoms. The molecule has 35 heavy (non-hydrogen) atoms. The summed E-state index contributed by atoms with van der Waals surface area (Å²) in [7, 11) is 0. The fourth-order valence-electron chi connectivity index (χ4n) is 3.76. The monoisotopic (exact) mass is 492 g/mol. The van der Waals surface area contributed by atoms with Gasteiger partial charge in [-0.1, -0.05) is 35.9 Å². The Kier molecular flexibility index (Phi) is 7.64. The summed E-state index contributed by atoms with van der Waals surface area (Å²) in [4.78, 5) is 39.7. The lowest BCUT2D eigenvalue weighted by atomic mass is 10.0. The average Bonchev–Trinajstić information content (AvgIpc) is 2.85. The lowest BCUT2D eigenvalue weighted by molar-refractivity contribution is -0.125. The van der Waals surface area contributed by atoms with E-state index in [2.05, 4.69) is 16.0 Å². The average molecular weight is 493 g/mol. The highest BCUT2D eigenvalue weighted by atomic mass is 35.5. The Balaban J connectivity index is 1.49. The maximum absolute atomic E-state index is 13.3. The first-order chi connectivity index (χ1) is 16.9. The van der Waals surface area contributed by atoms with Crippen LogP contribution >= 0.6 is 11.6 Å². The second kappa shape index (κ2) is 11.0. The van der Waals surface area contributed by atoms with Crippen LogP contribution in [0.15, 0.2) is 72.8 Å². The van der Waals surface area contributed by atoms with Crippen LogP contribution in [-0.2, 0) is 14.3 Å². The lowest BCUT2D eigenvalue weighted by Gasteiger charge is -2.27. The van der Waals surface area contributed by atoms with Gasteiger partial charge in [0.05, 0.1) is 6.61 Å². The third kappa shape index (κ3) is 6.17. The summed E-state index contributed by atoms with van der Waals surface area (Å²) in [5, 5.41) is 8.90. The fraction of sp³-hybridized carbons (Fsp3) is 0.192. The zero-order valence-corrected chi connectivity index (χ0v) is 19.8. The highest BCUT2D eigenvalue weighted by molar-refractivity contribution is 6.30. The second-order valence-corrected chi connectivity index (χ2v) is 8.47. The number of anilines is 3. The number of aryl methyl sites for hydroxylation is 1. The van der Waals surface area contributed by atoms with Gasteiger partial charge >= 0.3 is 6.03 Å². The van der Waals surface area contributed by atoms with Crippen LogP contribution in [0.25, 0.3) is 0 Å². The van der Waals surface area contributed by atoms with Gasteiger partial charge < -0.3 is 25.6 Å². The van der Waals surface area contributed by atoms with Gasteiger partial charge in [-0.15, -0.1) is 0 Å². The summed E-state index contributed by atoms with van der Waals surface area (Å²) in [6, 6.07) is 19.5. The number of carbonyl (C=O) groups excluding carboxylic acids is 3. The molecule has 4 amide bonds. The first-order valence-corrected chi connectivity index (χ1v) is 11.5. The van der Waals surface area contributed by atoms with E-state index >= 15 is 0 Å². The van der Waals surface area contributed by atoms with Crippen molar-refractivity contribution in [3.05, 3.63) is 88.9 Å². The zero-order chi connectivity index (χ0) is 24.8. The number of benzene rings is 3. The van der Waals surface area contributed by atoms with Crippen molar-refractivity contribution in [2.24, 2.45) is 0 Å². The first-order valence-electron chi connectivity index (χ1n) is 11.1. The quantitative estimate of drug-likeness (QED) is 0.471. The number of morpholine rings is 1. The number of nitrogens with one attached hydrogen (secondary N) is 3. The number of halogens is 1. The number of hydrogen-bond acceptors (Lipinski definition) is 4. The molecule has 180 valence electrons. The molecule has 1 aliphatic heterocycles. The molecular weight excluding hydrogens is 468 g/mol. The Labute approximate surface area is 208 Å². The van der Waals surface area contributed by atoms with Crippen molar-refractivity contribution in [3.63, 3.8) is 0 Å². The maximum Gasteiger partial charge on any atom is 0.320 e. The summed E-state index contributed by atoms with van der Waals surface area (Å²) in [6.45, 7) is 2.89. The molecule has 0 saturated carbocycles. The van der Waals surface area contributed by atoms with Crippen LogP contribution in [0.4, 0.5) is 21.9 Å². The SMILES string of the molecule is Cc1ccccc1C(NC(=O)Nc1ccc(Cl)cc1)C(=O)Nc1ccc(N2CCOCC2=O)cc1. The number of hydrogen-bond donors (Lipinski definition) is 3. The van der Waals surface area contributed by atoms with E-state index in [0.717, 1.165) is 11.3 Å². The number of amides is 4. The molecule has 1 saturated heterocycles. The molecule has 3 aromatic rings. The number of ether oxygens (including phenoxy) is 1. The first kappa shape index (κ1) is 24.3. The van der Waals surface area contributed by atoms with E-state index in [1.807, 2.05) is 25.1 Å². The third-order valence-corrected chi connectivity index (χ3v) is 5.82. The van der Waals surface area contributed by atoms with Crippen LogP contribution in [0.1, 0.15) is 17.2 Å². The van der Waals surface area contributed by atoms with Gasteiger partial charge in [-0.2, -0.15) is 0 Å². The van der Waals surface area contributed by atoms with Gasteiger partial charge in [-0.25, -0.2) is 4.79 Å². The standard InChI is InChI=1S/C26H25ClN4O4/c1-17-4-2-3-5-22(17)24(30-26(34)29-20-8-6-18(27)7-9-20)25(33)28-19-10-12-21(13-11-19)31-14-15-35-16-23(31)32/h2-13,24H,14-16H2,1H3,(H,28,33)(H2,29,30,34).